The van der Waals surface area contributed by atoms with Gasteiger partial charge < -0.3 is 10.5 Å². The zero-order valence-electron chi connectivity index (χ0n) is 10.2. The van der Waals surface area contributed by atoms with Gasteiger partial charge in [0, 0.05) is 11.3 Å². The Hall–Kier alpha value is -2.24. The van der Waals surface area contributed by atoms with Crippen molar-refractivity contribution in [3.05, 3.63) is 59.4 Å². The lowest BCUT2D eigenvalue weighted by Crippen LogP contribution is -2.05. The van der Waals surface area contributed by atoms with Crippen molar-refractivity contribution in [1.82, 2.24) is 0 Å². The minimum atomic E-state index is -4.43. The lowest BCUT2D eigenvalue weighted by Gasteiger charge is -2.11. The van der Waals surface area contributed by atoms with Gasteiger partial charge in [-0.2, -0.15) is 13.2 Å². The highest BCUT2D eigenvalue weighted by Gasteiger charge is 2.30. The topological polar surface area (TPSA) is 35.2 Å². The molecular weight excluding hydrogens is 274 g/mol. The molecule has 106 valence electrons. The number of ether oxygens (including phenoxy) is 1. The monoisotopic (exact) mass is 285 g/mol. The second kappa shape index (κ2) is 5.40. The van der Waals surface area contributed by atoms with Crippen LogP contribution in [0.3, 0.4) is 0 Å². The minimum absolute atomic E-state index is 0.0449. The maximum Gasteiger partial charge on any atom is 0.416 e. The van der Waals surface area contributed by atoms with E-state index in [1.807, 2.05) is 0 Å². The number of anilines is 1. The number of hydrogen-bond donors (Lipinski definition) is 1. The van der Waals surface area contributed by atoms with Crippen LogP contribution in [0.25, 0.3) is 0 Å². The summed E-state index contributed by atoms with van der Waals surface area (Å²) >= 11 is 0. The first-order valence-corrected chi connectivity index (χ1v) is 5.70. The molecule has 2 N–H and O–H groups in total. The minimum Gasteiger partial charge on any atom is -0.489 e. The Balaban J connectivity index is 2.13. The summed E-state index contributed by atoms with van der Waals surface area (Å²) in [5.41, 5.74) is 5.52. The average molecular weight is 285 g/mol. The molecule has 0 saturated carbocycles. The van der Waals surface area contributed by atoms with E-state index < -0.39 is 17.6 Å². The maximum atomic E-state index is 13.0. The number of rotatable bonds is 3. The quantitative estimate of drug-likeness (QED) is 0.683. The Morgan fingerprint density at radius 1 is 1.05 bits per heavy atom. The molecule has 20 heavy (non-hydrogen) atoms. The first-order valence-electron chi connectivity index (χ1n) is 5.70. The highest BCUT2D eigenvalue weighted by atomic mass is 19.4. The van der Waals surface area contributed by atoms with Crippen LogP contribution in [-0.4, -0.2) is 0 Å². The van der Waals surface area contributed by atoms with Crippen LogP contribution in [-0.2, 0) is 12.8 Å². The van der Waals surface area contributed by atoms with Crippen LogP contribution >= 0.6 is 0 Å². The fourth-order valence-corrected chi connectivity index (χ4v) is 1.62. The second-order valence-corrected chi connectivity index (χ2v) is 4.16. The third kappa shape index (κ3) is 3.40. The molecule has 0 amide bonds. The van der Waals surface area contributed by atoms with Crippen LogP contribution in [0, 0.1) is 5.82 Å². The predicted octanol–water partition coefficient (Wildman–Crippen LogP) is 4.01. The second-order valence-electron chi connectivity index (χ2n) is 4.16. The van der Waals surface area contributed by atoms with E-state index in [1.54, 1.807) is 0 Å². The van der Waals surface area contributed by atoms with Gasteiger partial charge >= 0.3 is 6.18 Å². The number of halogens is 4. The summed E-state index contributed by atoms with van der Waals surface area (Å²) in [5.74, 6) is -0.440. The van der Waals surface area contributed by atoms with Crippen molar-refractivity contribution in [1.29, 1.82) is 0 Å². The molecule has 0 saturated heterocycles. The summed E-state index contributed by atoms with van der Waals surface area (Å²) in [5, 5.41) is 0. The normalized spacial score (nSPS) is 11.4. The first kappa shape index (κ1) is 14.2. The molecule has 0 bridgehead atoms. The smallest absolute Gasteiger partial charge is 0.416 e. The molecule has 0 heterocycles. The third-order valence-corrected chi connectivity index (χ3v) is 2.66. The Morgan fingerprint density at radius 3 is 2.50 bits per heavy atom. The molecular formula is C14H11F4NO. The molecule has 0 aliphatic rings. The molecule has 2 rings (SSSR count). The summed E-state index contributed by atoms with van der Waals surface area (Å²) in [6, 6.07) is 8.23. The average Bonchev–Trinajstić information content (AvgIpc) is 2.39. The highest BCUT2D eigenvalue weighted by molar-refractivity contribution is 5.46. The van der Waals surface area contributed by atoms with Gasteiger partial charge in [-0.1, -0.05) is 6.07 Å². The summed E-state index contributed by atoms with van der Waals surface area (Å²) in [4.78, 5) is 0. The van der Waals surface area contributed by atoms with Crippen molar-refractivity contribution >= 4 is 5.69 Å². The fraction of sp³-hybridized carbons (Fsp3) is 0.143. The van der Waals surface area contributed by atoms with Crippen LogP contribution in [0.15, 0.2) is 42.5 Å². The molecule has 0 atom stereocenters. The van der Waals surface area contributed by atoms with E-state index >= 15 is 0 Å². The molecule has 0 spiro atoms. The van der Waals surface area contributed by atoms with Crippen molar-refractivity contribution in [3.8, 4) is 5.75 Å². The Morgan fingerprint density at radius 2 is 1.80 bits per heavy atom. The van der Waals surface area contributed by atoms with E-state index in [1.165, 1.54) is 30.3 Å². The molecule has 0 aliphatic heterocycles. The standard InChI is InChI=1S/C14H11F4NO/c15-11-4-5-13(19)9(6-11)8-20-12-3-1-2-10(7-12)14(16,17)18/h1-7H,8,19H2. The van der Waals surface area contributed by atoms with Gasteiger partial charge in [0.1, 0.15) is 18.2 Å². The molecule has 2 aromatic carbocycles. The molecule has 0 fully saturated rings. The molecule has 0 radical (unpaired) electrons. The van der Waals surface area contributed by atoms with Crippen molar-refractivity contribution in [3.63, 3.8) is 0 Å². The third-order valence-electron chi connectivity index (χ3n) is 2.66. The van der Waals surface area contributed by atoms with Crippen LogP contribution in [0.4, 0.5) is 23.2 Å². The first-order chi connectivity index (χ1) is 9.36. The van der Waals surface area contributed by atoms with Crippen LogP contribution < -0.4 is 10.5 Å². The van der Waals surface area contributed by atoms with Crippen LogP contribution in [0.2, 0.25) is 0 Å². The van der Waals surface area contributed by atoms with Gasteiger partial charge in [0.05, 0.1) is 5.56 Å². The summed E-state index contributed by atoms with van der Waals surface area (Å²) in [7, 11) is 0. The molecule has 0 aliphatic carbocycles. The SMILES string of the molecule is Nc1ccc(F)cc1COc1cccc(C(F)(F)F)c1. The molecule has 0 unspecified atom stereocenters. The van der Waals surface area contributed by atoms with Gasteiger partial charge in [0.25, 0.3) is 0 Å². The largest absolute Gasteiger partial charge is 0.489 e. The lowest BCUT2D eigenvalue weighted by molar-refractivity contribution is -0.137. The van der Waals surface area contributed by atoms with Crippen molar-refractivity contribution in [2.75, 3.05) is 5.73 Å². The summed E-state index contributed by atoms with van der Waals surface area (Å²) in [6.45, 7) is -0.106. The van der Waals surface area contributed by atoms with Gasteiger partial charge in [-0.3, -0.25) is 0 Å². The van der Waals surface area contributed by atoms with E-state index in [0.29, 0.717) is 11.3 Å². The van der Waals surface area contributed by atoms with Gasteiger partial charge in [0.15, 0.2) is 0 Å². The van der Waals surface area contributed by atoms with Gasteiger partial charge in [-0.05, 0) is 36.4 Å². The van der Waals surface area contributed by atoms with E-state index in [0.717, 1.165) is 12.1 Å². The molecule has 0 aromatic heterocycles. The summed E-state index contributed by atoms with van der Waals surface area (Å²) < 4.78 is 55.8. The highest BCUT2D eigenvalue weighted by Crippen LogP contribution is 2.31. The molecule has 2 nitrogen and oxygen atoms in total. The maximum absolute atomic E-state index is 13.0. The number of benzene rings is 2. The van der Waals surface area contributed by atoms with Gasteiger partial charge in [-0.15, -0.1) is 0 Å². The van der Waals surface area contributed by atoms with Gasteiger partial charge in [0.2, 0.25) is 0 Å². The number of nitrogen functional groups attached to an aromatic ring is 1. The van der Waals surface area contributed by atoms with E-state index in [2.05, 4.69) is 0 Å². The molecule has 2 aromatic rings. The van der Waals surface area contributed by atoms with Gasteiger partial charge in [-0.25, -0.2) is 4.39 Å². The number of alkyl halides is 3. The van der Waals surface area contributed by atoms with Crippen LogP contribution in [0.5, 0.6) is 5.75 Å². The summed E-state index contributed by atoms with van der Waals surface area (Å²) in [6.07, 6.45) is -4.43. The van der Waals surface area contributed by atoms with E-state index in [4.69, 9.17) is 10.5 Å². The van der Waals surface area contributed by atoms with E-state index in [9.17, 15) is 17.6 Å². The lowest BCUT2D eigenvalue weighted by atomic mass is 10.2. The van der Waals surface area contributed by atoms with Crippen molar-refractivity contribution < 1.29 is 22.3 Å². The number of nitrogens with two attached hydrogens (primary N) is 1. The predicted molar refractivity (Wildman–Crippen MR) is 66.6 cm³/mol. The molecule has 6 heteroatoms. The van der Waals surface area contributed by atoms with Crippen molar-refractivity contribution in [2.24, 2.45) is 0 Å². The Kier molecular flexibility index (Phi) is 3.83. The zero-order chi connectivity index (χ0) is 14.8. The Labute approximate surface area is 112 Å². The zero-order valence-corrected chi connectivity index (χ0v) is 10.2. The Bertz CT molecular complexity index is 610. The number of hydrogen-bond acceptors (Lipinski definition) is 2. The van der Waals surface area contributed by atoms with Crippen LogP contribution in [0.1, 0.15) is 11.1 Å². The van der Waals surface area contributed by atoms with Crippen molar-refractivity contribution in [2.45, 2.75) is 12.8 Å². The fourth-order valence-electron chi connectivity index (χ4n) is 1.62. The van der Waals surface area contributed by atoms with E-state index in [-0.39, 0.29) is 12.4 Å².